The SMILES string of the molecule is CN(C(=O)C1=C(C=O)CCCN1CC(=O)Nc1ccc(-c2cncnc2)nc1)C1CC1. The van der Waals surface area contributed by atoms with Crippen LogP contribution in [0.5, 0.6) is 0 Å². The van der Waals surface area contributed by atoms with Crippen LogP contribution in [0.3, 0.4) is 0 Å². The number of allylic oxidation sites excluding steroid dienone is 1. The lowest BCUT2D eigenvalue weighted by atomic mass is 10.0. The third-order valence-corrected chi connectivity index (χ3v) is 5.49. The van der Waals surface area contributed by atoms with E-state index in [1.807, 2.05) is 0 Å². The van der Waals surface area contributed by atoms with Gasteiger partial charge in [-0.25, -0.2) is 9.97 Å². The van der Waals surface area contributed by atoms with Gasteiger partial charge in [-0.05, 0) is 37.8 Å². The van der Waals surface area contributed by atoms with Gasteiger partial charge in [0.1, 0.15) is 18.3 Å². The molecule has 31 heavy (non-hydrogen) atoms. The molecular weight excluding hydrogens is 396 g/mol. The summed E-state index contributed by atoms with van der Waals surface area (Å²) in [5.41, 5.74) is 2.84. The molecule has 1 N–H and O–H groups in total. The fraction of sp³-hybridized carbons (Fsp3) is 0.364. The molecule has 0 aromatic carbocycles. The highest BCUT2D eigenvalue weighted by Gasteiger charge is 2.35. The van der Waals surface area contributed by atoms with Crippen LogP contribution in [-0.4, -0.2) is 69.0 Å². The number of amides is 2. The maximum Gasteiger partial charge on any atom is 0.270 e. The Bertz CT molecular complexity index is 1000. The average molecular weight is 420 g/mol. The molecule has 2 aromatic heterocycles. The molecule has 0 spiro atoms. The summed E-state index contributed by atoms with van der Waals surface area (Å²) in [5, 5.41) is 2.81. The number of likely N-dealkylation sites (N-methyl/N-ethyl adjacent to an activating group) is 1. The summed E-state index contributed by atoms with van der Waals surface area (Å²) in [6, 6.07) is 3.76. The lowest BCUT2D eigenvalue weighted by Crippen LogP contribution is -2.43. The summed E-state index contributed by atoms with van der Waals surface area (Å²) in [4.78, 5) is 52.9. The van der Waals surface area contributed by atoms with Gasteiger partial charge in [0, 0.05) is 43.2 Å². The van der Waals surface area contributed by atoms with Gasteiger partial charge >= 0.3 is 0 Å². The molecule has 2 aromatic rings. The van der Waals surface area contributed by atoms with E-state index in [1.165, 1.54) is 6.33 Å². The van der Waals surface area contributed by atoms with Gasteiger partial charge < -0.3 is 15.1 Å². The number of hydrogen-bond acceptors (Lipinski definition) is 7. The molecule has 1 fully saturated rings. The topological polar surface area (TPSA) is 108 Å². The van der Waals surface area contributed by atoms with Crippen LogP contribution >= 0.6 is 0 Å². The van der Waals surface area contributed by atoms with Crippen molar-refractivity contribution in [3.05, 3.63) is 48.3 Å². The molecule has 0 radical (unpaired) electrons. The number of pyridine rings is 1. The molecule has 4 rings (SSSR count). The molecule has 2 amide bonds. The maximum absolute atomic E-state index is 13.0. The smallest absolute Gasteiger partial charge is 0.270 e. The zero-order valence-corrected chi connectivity index (χ0v) is 17.3. The molecule has 1 aliphatic carbocycles. The van der Waals surface area contributed by atoms with E-state index < -0.39 is 0 Å². The van der Waals surface area contributed by atoms with Crippen LogP contribution in [0.1, 0.15) is 25.7 Å². The molecule has 0 unspecified atom stereocenters. The third-order valence-electron chi connectivity index (χ3n) is 5.49. The number of nitrogens with zero attached hydrogens (tertiary/aromatic N) is 5. The van der Waals surface area contributed by atoms with Crippen molar-refractivity contribution in [2.75, 3.05) is 25.5 Å². The lowest BCUT2D eigenvalue weighted by Gasteiger charge is -2.33. The molecule has 160 valence electrons. The van der Waals surface area contributed by atoms with E-state index in [0.717, 1.165) is 31.1 Å². The van der Waals surface area contributed by atoms with E-state index in [2.05, 4.69) is 20.3 Å². The number of aldehydes is 1. The second kappa shape index (κ2) is 9.03. The van der Waals surface area contributed by atoms with Gasteiger partial charge in [0.05, 0.1) is 24.1 Å². The van der Waals surface area contributed by atoms with Gasteiger partial charge in [-0.2, -0.15) is 0 Å². The fourth-order valence-corrected chi connectivity index (χ4v) is 3.68. The van der Waals surface area contributed by atoms with Crippen molar-refractivity contribution < 1.29 is 14.4 Å². The highest BCUT2D eigenvalue weighted by molar-refractivity contribution is 6.00. The normalized spacial score (nSPS) is 16.1. The number of anilines is 1. The Hall–Kier alpha value is -3.62. The summed E-state index contributed by atoms with van der Waals surface area (Å²) in [7, 11) is 1.76. The number of carbonyl (C=O) groups is 3. The van der Waals surface area contributed by atoms with Crippen LogP contribution < -0.4 is 5.32 Å². The molecule has 0 atom stereocenters. The van der Waals surface area contributed by atoms with Gasteiger partial charge in [-0.1, -0.05) is 0 Å². The third kappa shape index (κ3) is 4.76. The van der Waals surface area contributed by atoms with Crippen molar-refractivity contribution in [3.8, 4) is 11.3 Å². The number of aromatic nitrogens is 3. The Labute approximate surface area is 180 Å². The van der Waals surface area contributed by atoms with E-state index in [1.54, 1.807) is 47.6 Å². The van der Waals surface area contributed by atoms with E-state index in [-0.39, 0.29) is 24.4 Å². The standard InChI is InChI=1S/C22H24N6O3/c1-27(18-5-6-18)22(31)21-15(13-29)3-2-8-28(21)12-20(30)26-17-4-7-19(25-11-17)16-9-23-14-24-10-16/h4,7,9-11,13-14,18H,2-3,5-6,8,12H2,1H3,(H,26,30). The molecule has 1 saturated carbocycles. The molecular formula is C22H24N6O3. The summed E-state index contributed by atoms with van der Waals surface area (Å²) in [5.74, 6) is -0.461. The second-order valence-electron chi connectivity index (χ2n) is 7.77. The van der Waals surface area contributed by atoms with Gasteiger partial charge in [-0.3, -0.25) is 19.4 Å². The van der Waals surface area contributed by atoms with Crippen molar-refractivity contribution in [1.82, 2.24) is 24.8 Å². The van der Waals surface area contributed by atoms with Gasteiger partial charge in [-0.15, -0.1) is 0 Å². The average Bonchev–Trinajstić information content (AvgIpc) is 3.64. The van der Waals surface area contributed by atoms with Crippen LogP contribution in [0.4, 0.5) is 5.69 Å². The number of carbonyl (C=O) groups excluding carboxylic acids is 3. The zero-order valence-electron chi connectivity index (χ0n) is 17.3. The molecule has 0 bridgehead atoms. The first-order valence-electron chi connectivity index (χ1n) is 10.3. The Kier molecular flexibility index (Phi) is 6.01. The highest BCUT2D eigenvalue weighted by atomic mass is 16.2. The summed E-state index contributed by atoms with van der Waals surface area (Å²) < 4.78 is 0. The van der Waals surface area contributed by atoms with E-state index in [4.69, 9.17) is 0 Å². The Balaban J connectivity index is 1.44. The largest absolute Gasteiger partial charge is 0.357 e. The first-order chi connectivity index (χ1) is 15.1. The Morgan fingerprint density at radius 2 is 2.00 bits per heavy atom. The number of nitrogens with one attached hydrogen (secondary N) is 1. The van der Waals surface area contributed by atoms with Crippen molar-refractivity contribution in [2.45, 2.75) is 31.7 Å². The fourth-order valence-electron chi connectivity index (χ4n) is 3.68. The summed E-state index contributed by atoms with van der Waals surface area (Å²) in [6.45, 7) is 0.542. The van der Waals surface area contributed by atoms with E-state index >= 15 is 0 Å². The van der Waals surface area contributed by atoms with Crippen molar-refractivity contribution in [2.24, 2.45) is 0 Å². The van der Waals surface area contributed by atoms with Crippen LogP contribution in [0.2, 0.25) is 0 Å². The Morgan fingerprint density at radius 3 is 2.65 bits per heavy atom. The van der Waals surface area contributed by atoms with Crippen molar-refractivity contribution in [3.63, 3.8) is 0 Å². The van der Waals surface area contributed by atoms with Crippen LogP contribution in [0.15, 0.2) is 48.3 Å². The van der Waals surface area contributed by atoms with Crippen LogP contribution in [0, 0.1) is 0 Å². The first kappa shape index (κ1) is 20.6. The predicted molar refractivity (Wildman–Crippen MR) is 114 cm³/mol. The van der Waals surface area contributed by atoms with Crippen molar-refractivity contribution >= 4 is 23.8 Å². The predicted octanol–water partition coefficient (Wildman–Crippen LogP) is 1.65. The minimum Gasteiger partial charge on any atom is -0.357 e. The van der Waals surface area contributed by atoms with Crippen molar-refractivity contribution in [1.29, 1.82) is 0 Å². The second-order valence-corrected chi connectivity index (χ2v) is 7.77. The summed E-state index contributed by atoms with van der Waals surface area (Å²) in [6.07, 6.45) is 10.3. The van der Waals surface area contributed by atoms with E-state index in [0.29, 0.717) is 35.6 Å². The Morgan fingerprint density at radius 1 is 1.23 bits per heavy atom. The number of rotatable bonds is 7. The van der Waals surface area contributed by atoms with Crippen LogP contribution in [-0.2, 0) is 14.4 Å². The quantitative estimate of drug-likeness (QED) is 0.679. The van der Waals surface area contributed by atoms with Gasteiger partial charge in [0.2, 0.25) is 5.91 Å². The number of hydrogen-bond donors (Lipinski definition) is 1. The molecule has 3 heterocycles. The minimum atomic E-state index is -0.274. The molecule has 2 aliphatic rings. The molecule has 9 heteroatoms. The van der Waals surface area contributed by atoms with Gasteiger partial charge in [0.25, 0.3) is 5.91 Å². The minimum absolute atomic E-state index is 0.00873. The van der Waals surface area contributed by atoms with Crippen LogP contribution in [0.25, 0.3) is 11.3 Å². The highest BCUT2D eigenvalue weighted by Crippen LogP contribution is 2.29. The maximum atomic E-state index is 13.0. The summed E-state index contributed by atoms with van der Waals surface area (Å²) >= 11 is 0. The first-order valence-corrected chi connectivity index (χ1v) is 10.3. The van der Waals surface area contributed by atoms with E-state index in [9.17, 15) is 14.4 Å². The molecule has 1 aliphatic heterocycles. The molecule has 9 nitrogen and oxygen atoms in total. The lowest BCUT2D eigenvalue weighted by molar-refractivity contribution is -0.129. The monoisotopic (exact) mass is 420 g/mol. The van der Waals surface area contributed by atoms with Gasteiger partial charge in [0.15, 0.2) is 0 Å². The zero-order chi connectivity index (χ0) is 21.8. The molecule has 0 saturated heterocycles.